The van der Waals surface area contributed by atoms with Crippen LogP contribution in [0.5, 0.6) is 0 Å². The molecule has 0 saturated heterocycles. The molecule has 0 amide bonds. The van der Waals surface area contributed by atoms with E-state index in [2.05, 4.69) is 11.4 Å². The van der Waals surface area contributed by atoms with Gasteiger partial charge in [0.05, 0.1) is 18.4 Å². The highest BCUT2D eigenvalue weighted by atomic mass is 32.2. The lowest BCUT2D eigenvalue weighted by Gasteiger charge is -2.40. The van der Waals surface area contributed by atoms with Gasteiger partial charge < -0.3 is 10.1 Å². The SMILES string of the molecule is COC(=O)c1cccc2c1NCC1(CCC1)CS2. The molecule has 1 saturated carbocycles. The summed E-state index contributed by atoms with van der Waals surface area (Å²) >= 11 is 1.86. The first-order valence-electron chi connectivity index (χ1n) is 6.32. The van der Waals surface area contributed by atoms with Crippen LogP contribution < -0.4 is 5.32 Å². The van der Waals surface area contributed by atoms with Crippen LogP contribution >= 0.6 is 11.8 Å². The van der Waals surface area contributed by atoms with Gasteiger partial charge in [-0.2, -0.15) is 0 Å². The molecule has 1 aliphatic carbocycles. The first-order chi connectivity index (χ1) is 8.74. The van der Waals surface area contributed by atoms with E-state index in [-0.39, 0.29) is 5.97 Å². The molecule has 0 aromatic heterocycles. The average molecular weight is 263 g/mol. The molecule has 0 unspecified atom stereocenters. The van der Waals surface area contributed by atoms with Crippen LogP contribution in [0.1, 0.15) is 29.6 Å². The molecular formula is C14H17NO2S. The van der Waals surface area contributed by atoms with E-state index in [1.54, 1.807) is 0 Å². The predicted molar refractivity (Wildman–Crippen MR) is 73.3 cm³/mol. The molecule has 3 rings (SSSR count). The summed E-state index contributed by atoms with van der Waals surface area (Å²) in [5.41, 5.74) is 2.05. The third-order valence-electron chi connectivity index (χ3n) is 4.02. The van der Waals surface area contributed by atoms with E-state index in [1.807, 2.05) is 23.9 Å². The molecule has 18 heavy (non-hydrogen) atoms. The number of anilines is 1. The summed E-state index contributed by atoms with van der Waals surface area (Å²) in [7, 11) is 1.43. The molecule has 0 radical (unpaired) electrons. The Morgan fingerprint density at radius 2 is 2.28 bits per heavy atom. The number of ether oxygens (including phenoxy) is 1. The van der Waals surface area contributed by atoms with Crippen LogP contribution in [-0.2, 0) is 4.74 Å². The van der Waals surface area contributed by atoms with Gasteiger partial charge in [0, 0.05) is 17.2 Å². The number of benzene rings is 1. The number of hydrogen-bond donors (Lipinski definition) is 1. The first-order valence-corrected chi connectivity index (χ1v) is 7.31. The smallest absolute Gasteiger partial charge is 0.340 e. The molecule has 96 valence electrons. The molecule has 3 nitrogen and oxygen atoms in total. The van der Waals surface area contributed by atoms with Crippen molar-refractivity contribution in [3.8, 4) is 0 Å². The summed E-state index contributed by atoms with van der Waals surface area (Å²) in [6, 6.07) is 5.84. The Labute approximate surface area is 111 Å². The number of carbonyl (C=O) groups excluding carboxylic acids is 1. The van der Waals surface area contributed by atoms with Crippen molar-refractivity contribution in [3.05, 3.63) is 23.8 Å². The van der Waals surface area contributed by atoms with Crippen molar-refractivity contribution in [2.24, 2.45) is 5.41 Å². The number of rotatable bonds is 1. The van der Waals surface area contributed by atoms with E-state index in [1.165, 1.54) is 31.3 Å². The molecular weight excluding hydrogens is 246 g/mol. The first kappa shape index (κ1) is 11.9. The van der Waals surface area contributed by atoms with Gasteiger partial charge in [0.15, 0.2) is 0 Å². The van der Waals surface area contributed by atoms with Gasteiger partial charge >= 0.3 is 5.97 Å². The fraction of sp³-hybridized carbons (Fsp3) is 0.500. The molecule has 2 aliphatic rings. The summed E-state index contributed by atoms with van der Waals surface area (Å²) in [6.07, 6.45) is 3.94. The minimum atomic E-state index is -0.260. The van der Waals surface area contributed by atoms with Gasteiger partial charge in [-0.05, 0) is 30.4 Å². The van der Waals surface area contributed by atoms with Crippen LogP contribution in [0.25, 0.3) is 0 Å². The largest absolute Gasteiger partial charge is 0.465 e. The Morgan fingerprint density at radius 1 is 1.44 bits per heavy atom. The molecule has 1 heterocycles. The van der Waals surface area contributed by atoms with Crippen molar-refractivity contribution >= 4 is 23.4 Å². The lowest BCUT2D eigenvalue weighted by atomic mass is 9.70. The maximum Gasteiger partial charge on any atom is 0.340 e. The maximum atomic E-state index is 11.8. The van der Waals surface area contributed by atoms with Crippen molar-refractivity contribution < 1.29 is 9.53 Å². The van der Waals surface area contributed by atoms with Crippen molar-refractivity contribution in [2.75, 3.05) is 24.7 Å². The molecule has 0 atom stereocenters. The fourth-order valence-corrected chi connectivity index (χ4v) is 4.02. The van der Waals surface area contributed by atoms with Crippen molar-refractivity contribution in [3.63, 3.8) is 0 Å². The third-order valence-corrected chi connectivity index (χ3v) is 5.43. The monoisotopic (exact) mass is 263 g/mol. The molecule has 1 fully saturated rings. The average Bonchev–Trinajstić information content (AvgIpc) is 2.56. The topological polar surface area (TPSA) is 38.3 Å². The summed E-state index contributed by atoms with van der Waals surface area (Å²) < 4.78 is 4.85. The second kappa shape index (κ2) is 4.50. The van der Waals surface area contributed by atoms with E-state index in [0.29, 0.717) is 11.0 Å². The zero-order valence-corrected chi connectivity index (χ0v) is 11.3. The maximum absolute atomic E-state index is 11.8. The zero-order chi connectivity index (χ0) is 12.6. The fourth-order valence-electron chi connectivity index (χ4n) is 2.67. The van der Waals surface area contributed by atoms with Crippen molar-refractivity contribution in [2.45, 2.75) is 24.2 Å². The number of fused-ring (bicyclic) bond motifs is 1. The summed E-state index contributed by atoms with van der Waals surface area (Å²) in [6.45, 7) is 0.973. The van der Waals surface area contributed by atoms with E-state index in [0.717, 1.165) is 18.0 Å². The Balaban J connectivity index is 1.93. The molecule has 1 aromatic rings. The van der Waals surface area contributed by atoms with Gasteiger partial charge in [-0.15, -0.1) is 11.8 Å². The van der Waals surface area contributed by atoms with E-state index >= 15 is 0 Å². The number of methoxy groups -OCH3 is 1. The van der Waals surface area contributed by atoms with Gasteiger partial charge in [-0.3, -0.25) is 0 Å². The highest BCUT2D eigenvalue weighted by Gasteiger charge is 2.39. The number of thioether (sulfide) groups is 1. The lowest BCUT2D eigenvalue weighted by Crippen LogP contribution is -2.38. The second-order valence-corrected chi connectivity index (χ2v) is 6.18. The Morgan fingerprint density at radius 3 is 2.94 bits per heavy atom. The Hall–Kier alpha value is -1.16. The van der Waals surface area contributed by atoms with Crippen LogP contribution in [-0.4, -0.2) is 25.4 Å². The van der Waals surface area contributed by atoms with E-state index in [4.69, 9.17) is 4.74 Å². The van der Waals surface area contributed by atoms with Crippen LogP contribution in [0.4, 0.5) is 5.69 Å². The number of nitrogens with one attached hydrogen (secondary N) is 1. The van der Waals surface area contributed by atoms with Crippen molar-refractivity contribution in [1.29, 1.82) is 0 Å². The molecule has 1 N–H and O–H groups in total. The van der Waals surface area contributed by atoms with Crippen LogP contribution in [0.3, 0.4) is 0 Å². The van der Waals surface area contributed by atoms with Gasteiger partial charge in [0.1, 0.15) is 0 Å². The van der Waals surface area contributed by atoms with Gasteiger partial charge in [0.2, 0.25) is 0 Å². The van der Waals surface area contributed by atoms with Crippen molar-refractivity contribution in [1.82, 2.24) is 0 Å². The minimum Gasteiger partial charge on any atom is -0.465 e. The van der Waals surface area contributed by atoms with Crippen LogP contribution in [0, 0.1) is 5.41 Å². The lowest BCUT2D eigenvalue weighted by molar-refractivity contribution is 0.0601. The number of para-hydroxylation sites is 1. The second-order valence-electron chi connectivity index (χ2n) is 5.17. The van der Waals surface area contributed by atoms with Gasteiger partial charge in [-0.25, -0.2) is 4.79 Å². The summed E-state index contributed by atoms with van der Waals surface area (Å²) in [4.78, 5) is 12.9. The van der Waals surface area contributed by atoms with Crippen LogP contribution in [0.15, 0.2) is 23.1 Å². The number of esters is 1. The zero-order valence-electron chi connectivity index (χ0n) is 10.5. The molecule has 0 bridgehead atoms. The quantitative estimate of drug-likeness (QED) is 0.790. The normalized spacial score (nSPS) is 20.3. The predicted octanol–water partition coefficient (Wildman–Crippen LogP) is 3.16. The Kier molecular flexibility index (Phi) is 2.98. The molecule has 1 aliphatic heterocycles. The highest BCUT2D eigenvalue weighted by Crippen LogP contribution is 2.48. The molecule has 1 aromatic carbocycles. The van der Waals surface area contributed by atoms with Gasteiger partial charge in [0.25, 0.3) is 0 Å². The standard InChI is InChI=1S/C14H17NO2S/c1-17-13(16)10-4-2-5-11-12(10)15-8-14(9-18-11)6-3-7-14/h2,4-5,15H,3,6-9H2,1H3. The Bertz CT molecular complexity index is 483. The van der Waals surface area contributed by atoms with E-state index in [9.17, 15) is 4.79 Å². The van der Waals surface area contributed by atoms with E-state index < -0.39 is 0 Å². The minimum absolute atomic E-state index is 0.260. The molecule has 4 heteroatoms. The highest BCUT2D eigenvalue weighted by molar-refractivity contribution is 7.99. The molecule has 1 spiro atoms. The number of hydrogen-bond acceptors (Lipinski definition) is 4. The third kappa shape index (κ3) is 1.88. The summed E-state index contributed by atoms with van der Waals surface area (Å²) in [5.74, 6) is 0.891. The number of carbonyl (C=O) groups is 1. The van der Waals surface area contributed by atoms with Gasteiger partial charge in [-0.1, -0.05) is 12.5 Å². The van der Waals surface area contributed by atoms with Crippen LogP contribution in [0.2, 0.25) is 0 Å². The summed E-state index contributed by atoms with van der Waals surface area (Å²) in [5, 5.41) is 3.48.